The van der Waals surface area contributed by atoms with Crippen molar-refractivity contribution >= 4 is 37.3 Å². The third-order valence-corrected chi connectivity index (χ3v) is 7.84. The van der Waals surface area contributed by atoms with Crippen LogP contribution < -0.4 is 4.72 Å². The van der Waals surface area contributed by atoms with Gasteiger partial charge in [-0.1, -0.05) is 41.7 Å². The number of sulfonamides is 1. The van der Waals surface area contributed by atoms with E-state index in [-0.39, 0.29) is 10.0 Å². The molecule has 0 radical (unpaired) electrons. The van der Waals surface area contributed by atoms with E-state index in [1.54, 1.807) is 19.1 Å². The summed E-state index contributed by atoms with van der Waals surface area (Å²) in [6, 6.07) is 12.2. The van der Waals surface area contributed by atoms with E-state index in [0.717, 1.165) is 22.1 Å². The maximum absolute atomic E-state index is 12.9. The summed E-state index contributed by atoms with van der Waals surface area (Å²) in [6.45, 7) is 1.06. The quantitative estimate of drug-likeness (QED) is 0.373. The van der Waals surface area contributed by atoms with Gasteiger partial charge in [0, 0.05) is 0 Å². The summed E-state index contributed by atoms with van der Waals surface area (Å²) in [5.41, 5.74) is 0.394. The molecule has 31 heavy (non-hydrogen) atoms. The fraction of sp³-hybridized carbons (Fsp3) is 0.350. The molecule has 1 aliphatic heterocycles. The van der Waals surface area contributed by atoms with E-state index in [9.17, 15) is 28.8 Å². The lowest BCUT2D eigenvalue weighted by molar-refractivity contribution is -0.231. The van der Waals surface area contributed by atoms with Gasteiger partial charge in [0.1, 0.15) is 30.5 Å². The van der Waals surface area contributed by atoms with Crippen LogP contribution in [0.15, 0.2) is 47.4 Å². The molecule has 1 aliphatic rings. The number of hydrogen-bond acceptors (Lipinski definition) is 9. The molecule has 5 N–H and O–H groups in total. The number of thiazole rings is 1. The molecule has 0 amide bonds. The van der Waals surface area contributed by atoms with Crippen LogP contribution in [0, 0.1) is 6.92 Å². The van der Waals surface area contributed by atoms with Gasteiger partial charge in [-0.3, -0.25) is 4.72 Å². The van der Waals surface area contributed by atoms with Crippen molar-refractivity contribution in [2.75, 3.05) is 11.3 Å². The Bertz CT molecular complexity index is 1200. The number of rotatable bonds is 5. The third-order valence-electron chi connectivity index (χ3n) is 5.24. The molecule has 11 heteroatoms. The van der Waals surface area contributed by atoms with E-state index in [4.69, 9.17) is 4.74 Å². The average Bonchev–Trinajstić information content (AvgIpc) is 3.11. The Morgan fingerprint density at radius 2 is 1.77 bits per heavy atom. The third kappa shape index (κ3) is 4.17. The van der Waals surface area contributed by atoms with E-state index in [1.165, 1.54) is 6.07 Å². The van der Waals surface area contributed by atoms with Gasteiger partial charge in [-0.2, -0.15) is 0 Å². The fourth-order valence-electron chi connectivity index (χ4n) is 3.54. The molecular weight excluding hydrogens is 444 g/mol. The molecule has 5 atom stereocenters. The average molecular weight is 467 g/mol. The van der Waals surface area contributed by atoms with Crippen molar-refractivity contribution in [2.45, 2.75) is 42.3 Å². The lowest BCUT2D eigenvalue weighted by Crippen LogP contribution is -2.55. The summed E-state index contributed by atoms with van der Waals surface area (Å²) in [5, 5.41) is 41.5. The highest BCUT2D eigenvalue weighted by atomic mass is 32.2. The van der Waals surface area contributed by atoms with Crippen LogP contribution in [0.3, 0.4) is 0 Å². The van der Waals surface area contributed by atoms with Crippen molar-refractivity contribution in [1.29, 1.82) is 0 Å². The van der Waals surface area contributed by atoms with E-state index >= 15 is 0 Å². The lowest BCUT2D eigenvalue weighted by Gasteiger charge is -2.39. The van der Waals surface area contributed by atoms with Crippen LogP contribution in [0.4, 0.5) is 5.13 Å². The molecular formula is C20H22N2O7S2. The van der Waals surface area contributed by atoms with Crippen molar-refractivity contribution in [1.82, 2.24) is 4.98 Å². The Morgan fingerprint density at radius 1 is 1.06 bits per heavy atom. The number of aryl methyl sites for hydroxylation is 1. The first-order chi connectivity index (χ1) is 14.7. The number of fused-ring (bicyclic) bond motifs is 1. The first-order valence-corrected chi connectivity index (χ1v) is 11.8. The van der Waals surface area contributed by atoms with Gasteiger partial charge in [0.05, 0.1) is 22.1 Å². The molecule has 0 spiro atoms. The molecule has 0 unspecified atom stereocenters. The van der Waals surface area contributed by atoms with Crippen molar-refractivity contribution < 1.29 is 33.6 Å². The standard InChI is InChI=1S/C20H22N2O7S2/c1-10-19(18-17(26)16(25)15(24)14(9-23)29-18)30-20(21-10)22-31(27,28)13-7-6-11-4-2-3-5-12(11)8-13/h2-8,14-18,23-26H,9H2,1H3,(H,21,22)/t14-,15+,16+,17-,18-/m1/s1. The summed E-state index contributed by atoms with van der Waals surface area (Å²) < 4.78 is 33.7. The normalized spacial score (nSPS) is 26.8. The van der Waals surface area contributed by atoms with Gasteiger partial charge in [0.2, 0.25) is 0 Å². The second kappa shape index (κ2) is 8.43. The van der Waals surface area contributed by atoms with Crippen molar-refractivity contribution in [2.24, 2.45) is 0 Å². The molecule has 2 heterocycles. The largest absolute Gasteiger partial charge is 0.394 e. The zero-order valence-corrected chi connectivity index (χ0v) is 18.0. The van der Waals surface area contributed by atoms with E-state index in [2.05, 4.69) is 9.71 Å². The molecule has 9 nitrogen and oxygen atoms in total. The second-order valence-electron chi connectivity index (χ2n) is 7.33. The molecule has 1 fully saturated rings. The van der Waals surface area contributed by atoms with Crippen molar-refractivity contribution in [3.05, 3.63) is 53.0 Å². The number of aliphatic hydroxyl groups is 4. The van der Waals surface area contributed by atoms with Crippen LogP contribution in [-0.4, -0.2) is 64.9 Å². The van der Waals surface area contributed by atoms with Gasteiger partial charge in [-0.05, 0) is 29.8 Å². The lowest BCUT2D eigenvalue weighted by atomic mass is 9.94. The second-order valence-corrected chi connectivity index (χ2v) is 10.0. The predicted octanol–water partition coefficient (Wildman–Crippen LogP) is 0.920. The summed E-state index contributed by atoms with van der Waals surface area (Å²) in [5.74, 6) is 0. The number of ether oxygens (including phenoxy) is 1. The fourth-order valence-corrected chi connectivity index (χ4v) is 5.86. The monoisotopic (exact) mass is 466 g/mol. The maximum atomic E-state index is 12.9. The van der Waals surface area contributed by atoms with Gasteiger partial charge >= 0.3 is 0 Å². The Balaban J connectivity index is 1.61. The first-order valence-electron chi connectivity index (χ1n) is 9.50. The zero-order chi connectivity index (χ0) is 22.3. The minimum Gasteiger partial charge on any atom is -0.394 e. The minimum absolute atomic E-state index is 0.0672. The SMILES string of the molecule is Cc1nc(NS(=O)(=O)c2ccc3ccccc3c2)sc1[C@@H]1O[C@H](CO)[C@H](O)[C@H](O)[C@H]1O. The van der Waals surface area contributed by atoms with E-state index in [0.29, 0.717) is 10.6 Å². The van der Waals surface area contributed by atoms with E-state index in [1.807, 2.05) is 24.3 Å². The summed E-state index contributed by atoms with van der Waals surface area (Å²) >= 11 is 0.950. The number of anilines is 1. The van der Waals surface area contributed by atoms with Gasteiger partial charge in [0.15, 0.2) is 5.13 Å². The molecule has 3 aromatic rings. The molecule has 1 saturated heterocycles. The van der Waals surface area contributed by atoms with Crippen LogP contribution in [0.25, 0.3) is 10.8 Å². The van der Waals surface area contributed by atoms with Crippen LogP contribution >= 0.6 is 11.3 Å². The van der Waals surface area contributed by atoms with Gasteiger partial charge in [-0.25, -0.2) is 13.4 Å². The zero-order valence-electron chi connectivity index (χ0n) is 16.4. The Morgan fingerprint density at radius 3 is 2.48 bits per heavy atom. The van der Waals surface area contributed by atoms with Crippen LogP contribution in [-0.2, 0) is 14.8 Å². The summed E-state index contributed by atoms with van der Waals surface area (Å²) in [6.07, 6.45) is -6.62. The molecule has 166 valence electrons. The Hall–Kier alpha value is -2.12. The summed E-state index contributed by atoms with van der Waals surface area (Å²) in [7, 11) is -3.92. The van der Waals surface area contributed by atoms with Crippen molar-refractivity contribution in [3.63, 3.8) is 0 Å². The van der Waals surface area contributed by atoms with Gasteiger partial charge in [0.25, 0.3) is 10.0 Å². The number of hydrogen-bond donors (Lipinski definition) is 5. The molecule has 0 saturated carbocycles. The van der Waals surface area contributed by atoms with Crippen LogP contribution in [0.1, 0.15) is 16.7 Å². The molecule has 0 bridgehead atoms. The highest BCUT2D eigenvalue weighted by Crippen LogP contribution is 2.38. The molecule has 4 rings (SSSR count). The number of nitrogens with zero attached hydrogens (tertiary/aromatic N) is 1. The number of nitrogens with one attached hydrogen (secondary N) is 1. The van der Waals surface area contributed by atoms with Gasteiger partial charge in [-0.15, -0.1) is 0 Å². The predicted molar refractivity (Wildman–Crippen MR) is 114 cm³/mol. The smallest absolute Gasteiger partial charge is 0.263 e. The van der Waals surface area contributed by atoms with Crippen molar-refractivity contribution in [3.8, 4) is 0 Å². The molecule has 2 aromatic carbocycles. The first kappa shape index (κ1) is 22.1. The van der Waals surface area contributed by atoms with Gasteiger partial charge < -0.3 is 25.2 Å². The maximum Gasteiger partial charge on any atom is 0.263 e. The topological polar surface area (TPSA) is 149 Å². The molecule has 1 aromatic heterocycles. The van der Waals surface area contributed by atoms with E-state index < -0.39 is 47.2 Å². The van der Waals surface area contributed by atoms with Crippen LogP contribution in [0.5, 0.6) is 0 Å². The minimum atomic E-state index is -3.92. The Labute approximate surface area is 182 Å². The van der Waals surface area contributed by atoms with Crippen LogP contribution in [0.2, 0.25) is 0 Å². The summed E-state index contributed by atoms with van der Waals surface area (Å²) in [4.78, 5) is 4.68. The number of aliphatic hydroxyl groups excluding tert-OH is 4. The highest BCUT2D eigenvalue weighted by molar-refractivity contribution is 7.93. The molecule has 0 aliphatic carbocycles. The number of aromatic nitrogens is 1. The number of benzene rings is 2. The Kier molecular flexibility index (Phi) is 6.01. The highest BCUT2D eigenvalue weighted by Gasteiger charge is 2.45.